The molecular weight excluding hydrogens is 134 g/mol. The van der Waals surface area contributed by atoms with Crippen molar-refractivity contribution in [1.29, 1.82) is 0 Å². The molecule has 0 rings (SSSR count). The minimum absolute atomic E-state index is 0.993. The van der Waals surface area contributed by atoms with E-state index in [4.69, 9.17) is 0 Å². The van der Waals surface area contributed by atoms with E-state index < -0.39 is 0 Å². The van der Waals surface area contributed by atoms with Crippen molar-refractivity contribution in [2.45, 2.75) is 13.8 Å². The molecule has 0 spiro atoms. The normalized spacial score (nSPS) is 11.9. The zero-order valence-electron chi connectivity index (χ0n) is 7.72. The fraction of sp³-hybridized carbons (Fsp3) is 0.400. The molecule has 0 N–H and O–H groups in total. The van der Waals surface area contributed by atoms with Gasteiger partial charge in [-0.2, -0.15) is 0 Å². The van der Waals surface area contributed by atoms with E-state index in [0.29, 0.717) is 0 Å². The van der Waals surface area contributed by atoms with Gasteiger partial charge in [0.2, 0.25) is 0 Å². The highest BCUT2D eigenvalue weighted by Crippen LogP contribution is 2.09. The number of allylic oxidation sites excluding steroid dienone is 3. The Balaban J connectivity index is 4.63. The van der Waals surface area contributed by atoms with Crippen molar-refractivity contribution in [2.75, 3.05) is 13.6 Å². The lowest BCUT2D eigenvalue weighted by molar-refractivity contribution is 0.453. The van der Waals surface area contributed by atoms with Crippen LogP contribution in [0.1, 0.15) is 13.8 Å². The maximum Gasteiger partial charge on any atom is 0.0387 e. The number of likely N-dealkylation sites (N-methyl/N-ethyl adjacent to an activating group) is 1. The molecular formula is C10H17N. The molecule has 0 amide bonds. The van der Waals surface area contributed by atoms with E-state index in [2.05, 4.69) is 25.0 Å². The van der Waals surface area contributed by atoms with Gasteiger partial charge in [0.05, 0.1) is 0 Å². The van der Waals surface area contributed by atoms with Crippen LogP contribution in [-0.2, 0) is 0 Å². The highest BCUT2D eigenvalue weighted by atomic mass is 15.1. The predicted molar refractivity (Wildman–Crippen MR) is 51.4 cm³/mol. The Morgan fingerprint density at radius 2 is 1.91 bits per heavy atom. The van der Waals surface area contributed by atoms with E-state index in [0.717, 1.165) is 12.2 Å². The van der Waals surface area contributed by atoms with Crippen LogP contribution in [0.2, 0.25) is 0 Å². The SMILES string of the molecule is C=C/C(C)=C(\C=C)N(C)CC. The van der Waals surface area contributed by atoms with Gasteiger partial charge in [-0.05, 0) is 25.5 Å². The molecule has 0 radical (unpaired) electrons. The van der Waals surface area contributed by atoms with E-state index in [9.17, 15) is 0 Å². The third-order valence-corrected chi connectivity index (χ3v) is 1.79. The highest BCUT2D eigenvalue weighted by molar-refractivity contribution is 5.28. The quantitative estimate of drug-likeness (QED) is 0.558. The Labute approximate surface area is 69.7 Å². The monoisotopic (exact) mass is 151 g/mol. The zero-order chi connectivity index (χ0) is 8.85. The van der Waals surface area contributed by atoms with Crippen molar-refractivity contribution in [2.24, 2.45) is 0 Å². The largest absolute Gasteiger partial charge is 0.375 e. The van der Waals surface area contributed by atoms with E-state index in [1.165, 1.54) is 5.57 Å². The lowest BCUT2D eigenvalue weighted by Gasteiger charge is -2.19. The summed E-state index contributed by atoms with van der Waals surface area (Å²) in [6.07, 6.45) is 3.71. The zero-order valence-corrected chi connectivity index (χ0v) is 7.72. The number of nitrogens with zero attached hydrogens (tertiary/aromatic N) is 1. The molecule has 11 heavy (non-hydrogen) atoms. The van der Waals surface area contributed by atoms with Crippen molar-refractivity contribution in [3.8, 4) is 0 Å². The molecule has 0 saturated carbocycles. The first-order chi connectivity index (χ1) is 5.17. The molecule has 0 aromatic heterocycles. The fourth-order valence-corrected chi connectivity index (χ4v) is 0.893. The van der Waals surface area contributed by atoms with Crippen LogP contribution in [0.15, 0.2) is 36.6 Å². The summed E-state index contributed by atoms with van der Waals surface area (Å²) < 4.78 is 0. The van der Waals surface area contributed by atoms with Crippen LogP contribution in [0, 0.1) is 0 Å². The van der Waals surface area contributed by atoms with Crippen molar-refractivity contribution in [3.05, 3.63) is 36.6 Å². The number of rotatable bonds is 4. The summed E-state index contributed by atoms with van der Waals surface area (Å²) in [6, 6.07) is 0. The van der Waals surface area contributed by atoms with Crippen LogP contribution < -0.4 is 0 Å². The molecule has 0 aromatic rings. The third kappa shape index (κ3) is 2.62. The van der Waals surface area contributed by atoms with Crippen molar-refractivity contribution < 1.29 is 0 Å². The predicted octanol–water partition coefficient (Wildman–Crippen LogP) is 2.58. The number of hydrogen-bond acceptors (Lipinski definition) is 1. The van der Waals surface area contributed by atoms with E-state index in [1.54, 1.807) is 0 Å². The molecule has 0 aliphatic rings. The summed E-state index contributed by atoms with van der Waals surface area (Å²) >= 11 is 0. The van der Waals surface area contributed by atoms with Crippen molar-refractivity contribution in [3.63, 3.8) is 0 Å². The van der Waals surface area contributed by atoms with E-state index in [-0.39, 0.29) is 0 Å². The maximum atomic E-state index is 3.75. The molecule has 1 heteroatoms. The third-order valence-electron chi connectivity index (χ3n) is 1.79. The summed E-state index contributed by atoms with van der Waals surface area (Å²) in [4.78, 5) is 2.14. The fourth-order valence-electron chi connectivity index (χ4n) is 0.893. The van der Waals surface area contributed by atoms with Crippen molar-refractivity contribution >= 4 is 0 Å². The van der Waals surface area contributed by atoms with Gasteiger partial charge in [-0.3, -0.25) is 0 Å². The smallest absolute Gasteiger partial charge is 0.0387 e. The Kier molecular flexibility index (Phi) is 4.35. The van der Waals surface area contributed by atoms with Gasteiger partial charge in [0, 0.05) is 19.3 Å². The van der Waals surface area contributed by atoms with Gasteiger partial charge in [-0.15, -0.1) is 0 Å². The molecule has 0 aliphatic heterocycles. The Hall–Kier alpha value is -0.980. The standard InChI is InChI=1S/C10H17N/c1-6-9(4)10(7-2)11(5)8-3/h6-7H,1-2,8H2,3-5H3/b10-9+. The Morgan fingerprint density at radius 1 is 1.36 bits per heavy atom. The van der Waals surface area contributed by atoms with Crippen LogP contribution in [-0.4, -0.2) is 18.5 Å². The van der Waals surface area contributed by atoms with Crippen LogP contribution in [0.25, 0.3) is 0 Å². The first-order valence-electron chi connectivity index (χ1n) is 3.84. The second-order valence-corrected chi connectivity index (χ2v) is 2.49. The lowest BCUT2D eigenvalue weighted by Crippen LogP contribution is -2.16. The highest BCUT2D eigenvalue weighted by Gasteiger charge is 1.98. The van der Waals surface area contributed by atoms with Crippen LogP contribution in [0.3, 0.4) is 0 Å². The molecule has 0 heterocycles. The molecule has 1 nitrogen and oxygen atoms in total. The first kappa shape index (κ1) is 10.0. The first-order valence-corrected chi connectivity index (χ1v) is 3.84. The topological polar surface area (TPSA) is 3.24 Å². The Bertz CT molecular complexity index is 177. The number of hydrogen-bond donors (Lipinski definition) is 0. The summed E-state index contributed by atoms with van der Waals surface area (Å²) in [7, 11) is 2.05. The molecule has 62 valence electrons. The Morgan fingerprint density at radius 3 is 2.18 bits per heavy atom. The van der Waals surface area contributed by atoms with Gasteiger partial charge in [0.25, 0.3) is 0 Å². The average Bonchev–Trinajstić information content (AvgIpc) is 2.05. The minimum Gasteiger partial charge on any atom is -0.375 e. The minimum atomic E-state index is 0.993. The summed E-state index contributed by atoms with van der Waals surface area (Å²) in [5.74, 6) is 0. The molecule has 0 aliphatic carbocycles. The van der Waals surface area contributed by atoms with Crippen LogP contribution in [0.4, 0.5) is 0 Å². The van der Waals surface area contributed by atoms with Gasteiger partial charge < -0.3 is 4.90 Å². The van der Waals surface area contributed by atoms with Crippen molar-refractivity contribution in [1.82, 2.24) is 4.90 Å². The van der Waals surface area contributed by atoms with Gasteiger partial charge in [-0.25, -0.2) is 0 Å². The van der Waals surface area contributed by atoms with Gasteiger partial charge in [0.15, 0.2) is 0 Å². The molecule has 0 atom stereocenters. The molecule has 0 aromatic carbocycles. The van der Waals surface area contributed by atoms with Gasteiger partial charge >= 0.3 is 0 Å². The second kappa shape index (κ2) is 4.78. The average molecular weight is 151 g/mol. The van der Waals surface area contributed by atoms with E-state index >= 15 is 0 Å². The summed E-state index contributed by atoms with van der Waals surface area (Å²) in [6.45, 7) is 12.6. The van der Waals surface area contributed by atoms with Gasteiger partial charge in [-0.1, -0.05) is 19.2 Å². The lowest BCUT2D eigenvalue weighted by atomic mass is 10.2. The summed E-state index contributed by atoms with van der Waals surface area (Å²) in [5, 5.41) is 0. The molecule has 0 saturated heterocycles. The van der Waals surface area contributed by atoms with Crippen LogP contribution in [0.5, 0.6) is 0 Å². The van der Waals surface area contributed by atoms with Crippen LogP contribution >= 0.6 is 0 Å². The summed E-state index contributed by atoms with van der Waals surface area (Å²) in [5.41, 5.74) is 2.33. The van der Waals surface area contributed by atoms with Gasteiger partial charge in [0.1, 0.15) is 0 Å². The molecule has 0 unspecified atom stereocenters. The molecule has 0 fully saturated rings. The second-order valence-electron chi connectivity index (χ2n) is 2.49. The van der Waals surface area contributed by atoms with E-state index in [1.807, 2.05) is 26.1 Å². The molecule has 0 bridgehead atoms. The maximum absolute atomic E-state index is 3.75.